The number of amides is 7. The van der Waals surface area contributed by atoms with E-state index in [4.69, 9.17) is 19.8 Å². The average Bonchev–Trinajstić information content (AvgIpc) is 1.64. The van der Waals surface area contributed by atoms with E-state index in [2.05, 4.69) is 67.4 Å². The zero-order valence-corrected chi connectivity index (χ0v) is 55.0. The molecule has 2 aliphatic heterocycles. The maximum atomic E-state index is 14.4. The molecule has 1 aliphatic carbocycles. The van der Waals surface area contributed by atoms with Gasteiger partial charge < -0.3 is 40.7 Å². The number of allylic oxidation sites excluding steroid dienone is 1. The van der Waals surface area contributed by atoms with Crippen LogP contribution in [0, 0.1) is 35.0 Å². The minimum Gasteiger partial charge on any atom is -0.480 e. The van der Waals surface area contributed by atoms with Crippen LogP contribution < -0.4 is 26.2 Å². The number of carbonyl (C=O) groups is 8. The smallest absolute Gasteiger partial charge is 0.326 e. The van der Waals surface area contributed by atoms with Crippen LogP contribution in [0.2, 0.25) is 0 Å². The van der Waals surface area contributed by atoms with Crippen LogP contribution in [0.25, 0.3) is 22.5 Å². The van der Waals surface area contributed by atoms with E-state index in [1.54, 1.807) is 4.90 Å². The van der Waals surface area contributed by atoms with Crippen molar-refractivity contribution in [2.24, 2.45) is 35.0 Å². The third-order valence-electron chi connectivity index (χ3n) is 17.7. The second-order valence-corrected chi connectivity index (χ2v) is 32.2. The highest BCUT2D eigenvalue weighted by Gasteiger charge is 2.61. The molecule has 6 atom stereocenters. The third-order valence-corrected chi connectivity index (χ3v) is 19.2. The Morgan fingerprint density at radius 3 is 1.95 bits per heavy atom. The molecule has 480 valence electrons. The molecule has 6 rings (SSSR count). The molecule has 87 heavy (non-hydrogen) atoms. The largest absolute Gasteiger partial charge is 0.480 e. The van der Waals surface area contributed by atoms with Crippen LogP contribution in [0.15, 0.2) is 60.7 Å². The van der Waals surface area contributed by atoms with Crippen molar-refractivity contribution in [2.45, 2.75) is 170 Å². The molecule has 2 aromatic carbocycles. The Morgan fingerprint density at radius 1 is 0.759 bits per heavy atom. The summed E-state index contributed by atoms with van der Waals surface area (Å²) < 4.78 is 14.6. The highest BCUT2D eigenvalue weighted by atomic mass is 32.3. The summed E-state index contributed by atoms with van der Waals surface area (Å²) in [6.07, 6.45) is 10.9. The van der Waals surface area contributed by atoms with Crippen LogP contribution in [0.1, 0.15) is 146 Å². The van der Waals surface area contributed by atoms with Crippen molar-refractivity contribution < 1.29 is 52.9 Å². The predicted octanol–water partition coefficient (Wildman–Crippen LogP) is 8.40. The Kier molecular flexibility index (Phi) is 23.4. The first-order valence-corrected chi connectivity index (χ1v) is 33.9. The van der Waals surface area contributed by atoms with Crippen molar-refractivity contribution in [1.29, 1.82) is 0 Å². The molecule has 7 amide bonds. The standard InChI is InChI=1S/C66H99N9O11S/c1-42(2)54-46(24-20-40-87(13,14)15)43(3)55-56(54)60(81)73(59(55)80)37-29-52(78)68-36-31-65(9,10)85-38-32-63(5,6)62(84)69-34-28-53(79)74-41-45-21-16-17-22-47(45)58-57(48-23-18-19-25-50(48)74)71-72-75(58)64(7,8)33-39-86-66(11,12)30-35-67-51(77)27-26-49(61(82)83)70-44(4)76/h16-19,21-23,25,43,46,49,54-56H,1,20,24,26-41H2,2-15H3,(H,67,77)(H,68,78)(H,69,84)(H,70,76)(H,82,83)/t43?,46?,49-,54?,55?,56?/m0/s1. The highest BCUT2D eigenvalue weighted by molar-refractivity contribution is 8.32. The number of likely N-dealkylation sites (tertiary alicyclic amines) is 1. The number of benzene rings is 2. The number of aliphatic carboxylic acids is 1. The molecule has 1 aromatic heterocycles. The van der Waals surface area contributed by atoms with E-state index in [9.17, 15) is 43.5 Å². The van der Waals surface area contributed by atoms with Gasteiger partial charge in [-0.25, -0.2) is 19.5 Å². The van der Waals surface area contributed by atoms with Crippen molar-refractivity contribution in [1.82, 2.24) is 41.2 Å². The lowest BCUT2D eigenvalue weighted by atomic mass is 9.80. The monoisotopic (exact) mass is 1230 g/mol. The summed E-state index contributed by atoms with van der Waals surface area (Å²) in [5, 5.41) is 30.0. The molecular weight excluding hydrogens is 1130 g/mol. The summed E-state index contributed by atoms with van der Waals surface area (Å²) in [6, 6.07) is 14.4. The van der Waals surface area contributed by atoms with Crippen LogP contribution in [-0.2, 0) is 59.9 Å². The number of carboxylic acids is 1. The Hall–Kier alpha value is -6.45. The number of imide groups is 1. The molecule has 3 aliphatic rings. The lowest BCUT2D eigenvalue weighted by Gasteiger charge is -2.32. The van der Waals surface area contributed by atoms with Crippen molar-refractivity contribution >= 4 is 63.0 Å². The van der Waals surface area contributed by atoms with E-state index in [0.717, 1.165) is 46.6 Å². The van der Waals surface area contributed by atoms with E-state index >= 15 is 0 Å². The maximum absolute atomic E-state index is 14.4. The minimum atomic E-state index is -1.20. The summed E-state index contributed by atoms with van der Waals surface area (Å²) >= 11 is 0. The quantitative estimate of drug-likeness (QED) is 0.0291. The van der Waals surface area contributed by atoms with Gasteiger partial charge in [0.15, 0.2) is 0 Å². The number of nitrogens with zero attached hydrogens (tertiary/aromatic N) is 5. The van der Waals surface area contributed by atoms with Gasteiger partial charge in [-0.3, -0.25) is 38.5 Å². The zero-order valence-electron chi connectivity index (χ0n) is 54.2. The lowest BCUT2D eigenvalue weighted by Crippen LogP contribution is -2.41. The molecular formula is C66H99N9O11S. The first-order chi connectivity index (χ1) is 40.6. The molecule has 1 saturated heterocycles. The van der Waals surface area contributed by atoms with Gasteiger partial charge in [0.1, 0.15) is 11.7 Å². The fourth-order valence-corrected chi connectivity index (χ4v) is 13.4. The number of nitrogens with one attached hydrogen (secondary N) is 4. The van der Waals surface area contributed by atoms with Gasteiger partial charge in [0.2, 0.25) is 41.4 Å². The van der Waals surface area contributed by atoms with Crippen molar-refractivity contribution in [3.05, 3.63) is 66.2 Å². The Balaban J connectivity index is 0.961. The number of fused-ring (bicyclic) bond motifs is 6. The molecule has 3 heterocycles. The number of para-hydroxylation sites is 1. The normalized spacial score (nSPS) is 19.2. The number of aromatic nitrogens is 3. The SMILES string of the molecule is C=C(C)C1C(CCCS(C)(C)C)C(C)C2C(=O)N(CCC(=O)NCCC(C)(C)OCCC(C)(C)C(=O)NCCC(=O)N3Cc4ccccc4-c4c(nnn4C(C)(C)CCOC(C)(C)CCNC(=O)CC[C@H](NC(C)=O)C(=O)O)-c4ccccc43)C(=O)C21. The number of rotatable bonds is 32. The zero-order chi connectivity index (χ0) is 64.4. The molecule has 20 nitrogen and oxygen atoms in total. The van der Waals surface area contributed by atoms with Gasteiger partial charge >= 0.3 is 5.97 Å². The molecule has 3 aromatic rings. The summed E-state index contributed by atoms with van der Waals surface area (Å²) in [7, 11) is -0.645. The second kappa shape index (κ2) is 29.2. The van der Waals surface area contributed by atoms with E-state index < -0.39 is 56.0 Å². The number of ether oxygens (including phenoxy) is 2. The predicted molar refractivity (Wildman–Crippen MR) is 341 cm³/mol. The van der Waals surface area contributed by atoms with Crippen molar-refractivity contribution in [3.63, 3.8) is 0 Å². The average molecular weight is 1230 g/mol. The number of anilines is 1. The molecule has 0 bridgehead atoms. The highest BCUT2D eigenvalue weighted by Crippen LogP contribution is 2.55. The van der Waals surface area contributed by atoms with Gasteiger partial charge in [-0.15, -0.1) is 5.10 Å². The fraction of sp³-hybridized carbons (Fsp3) is 0.636. The Bertz CT molecular complexity index is 3000. The third kappa shape index (κ3) is 18.3. The minimum absolute atomic E-state index is 0.0163. The van der Waals surface area contributed by atoms with Crippen LogP contribution in [0.5, 0.6) is 0 Å². The number of carboxylic acid groups (broad SMARTS) is 1. The summed E-state index contributed by atoms with van der Waals surface area (Å²) in [6.45, 7) is 26.9. The van der Waals surface area contributed by atoms with Crippen molar-refractivity contribution in [2.75, 3.05) is 68.8 Å². The molecule has 0 radical (unpaired) electrons. The first kappa shape index (κ1) is 69.6. The molecule has 2 fully saturated rings. The fourth-order valence-electron chi connectivity index (χ4n) is 12.4. The van der Waals surface area contributed by atoms with E-state index in [-0.39, 0.29) is 111 Å². The van der Waals surface area contributed by atoms with Crippen LogP contribution in [0.3, 0.4) is 0 Å². The van der Waals surface area contributed by atoms with E-state index in [0.29, 0.717) is 56.8 Å². The number of hydrogen-bond acceptors (Lipinski definition) is 12. The maximum Gasteiger partial charge on any atom is 0.326 e. The number of hydrogen-bond donors (Lipinski definition) is 5. The van der Waals surface area contributed by atoms with Gasteiger partial charge in [0, 0.05) is 82.1 Å². The lowest BCUT2D eigenvalue weighted by molar-refractivity contribution is -0.142. The summed E-state index contributed by atoms with van der Waals surface area (Å²) in [5.74, 6) is -2.34. The Labute approximate surface area is 517 Å². The second-order valence-electron chi connectivity index (χ2n) is 27.6. The van der Waals surface area contributed by atoms with Gasteiger partial charge in [-0.05, 0) is 147 Å². The number of carbonyl (C=O) groups excluding carboxylic acids is 7. The Morgan fingerprint density at radius 2 is 1.34 bits per heavy atom. The van der Waals surface area contributed by atoms with Crippen LogP contribution in [0.4, 0.5) is 5.69 Å². The molecule has 21 heteroatoms. The molecule has 0 spiro atoms. The van der Waals surface area contributed by atoms with Gasteiger partial charge in [-0.1, -0.05) is 80.6 Å². The van der Waals surface area contributed by atoms with Gasteiger partial charge in [0.05, 0.1) is 46.5 Å². The topological polar surface area (TPSA) is 261 Å². The van der Waals surface area contributed by atoms with E-state index in [1.165, 1.54) is 11.8 Å². The van der Waals surface area contributed by atoms with Crippen LogP contribution >= 0.6 is 10.0 Å². The molecule has 5 unspecified atom stereocenters. The summed E-state index contributed by atoms with van der Waals surface area (Å²) in [5.41, 5.74) is 2.88. The molecule has 5 N–H and O–H groups in total. The molecule has 1 saturated carbocycles. The first-order valence-electron chi connectivity index (χ1n) is 30.9. The summed E-state index contributed by atoms with van der Waals surface area (Å²) in [4.78, 5) is 107. The van der Waals surface area contributed by atoms with E-state index in [1.807, 2.05) is 102 Å². The van der Waals surface area contributed by atoms with Crippen LogP contribution in [-0.4, -0.2) is 153 Å². The van der Waals surface area contributed by atoms with Gasteiger partial charge in [-0.2, -0.15) is 0 Å². The van der Waals surface area contributed by atoms with Gasteiger partial charge in [0.25, 0.3) is 0 Å². The van der Waals surface area contributed by atoms with Crippen molar-refractivity contribution in [3.8, 4) is 22.5 Å².